The third-order valence-electron chi connectivity index (χ3n) is 5.89. The molecule has 1 aliphatic rings. The van der Waals surface area contributed by atoms with Crippen LogP contribution in [0.2, 0.25) is 0 Å². The molecule has 0 aromatic heterocycles. The maximum Gasteiger partial charge on any atom is 0.269 e. The summed E-state index contributed by atoms with van der Waals surface area (Å²) in [5.41, 5.74) is 2.11. The normalized spacial score (nSPS) is 13.2. The number of likely N-dealkylation sites (N-methyl/N-ethyl adjacent to an activating group) is 1. The van der Waals surface area contributed by atoms with Gasteiger partial charge in [-0.2, -0.15) is 0 Å². The lowest BCUT2D eigenvalue weighted by atomic mass is 10.1. The van der Waals surface area contributed by atoms with Gasteiger partial charge in [-0.3, -0.25) is 19.7 Å². The summed E-state index contributed by atoms with van der Waals surface area (Å²) in [5, 5.41) is 16.6. The van der Waals surface area contributed by atoms with E-state index >= 15 is 0 Å². The molecule has 9 heteroatoms. The van der Waals surface area contributed by atoms with E-state index in [1.54, 1.807) is 12.1 Å². The summed E-state index contributed by atoms with van der Waals surface area (Å²) in [6.07, 6.45) is 2.17. The molecule has 1 saturated heterocycles. The first kappa shape index (κ1) is 24.2. The number of nitrogens with zero attached hydrogens (tertiary/aromatic N) is 3. The second kappa shape index (κ2) is 11.4. The second-order valence-corrected chi connectivity index (χ2v) is 7.97. The highest BCUT2D eigenvalue weighted by molar-refractivity contribution is 6.06. The first-order valence-corrected chi connectivity index (χ1v) is 11.4. The Morgan fingerprint density at radius 1 is 1.03 bits per heavy atom. The predicted octanol–water partition coefficient (Wildman–Crippen LogP) is 3.52. The van der Waals surface area contributed by atoms with Crippen molar-refractivity contribution >= 4 is 28.9 Å². The zero-order valence-electron chi connectivity index (χ0n) is 19.2. The standard InChI is InChI=1S/C24H31N5O4/c1-3-27(4-2)16-13-25-24(31)21-17-19(9-12-22(21)28-14-5-6-15-28)26-23(30)18-7-10-20(11-8-18)29(32)33/h7-12,17H,3-6,13-16H2,1-2H3,(H,25,31)(H,26,30). The van der Waals surface area contributed by atoms with Crippen LogP contribution in [0.25, 0.3) is 0 Å². The van der Waals surface area contributed by atoms with Crippen molar-refractivity contribution in [2.24, 2.45) is 0 Å². The van der Waals surface area contributed by atoms with Crippen LogP contribution in [0.5, 0.6) is 0 Å². The van der Waals surface area contributed by atoms with Crippen LogP contribution in [0.3, 0.4) is 0 Å². The summed E-state index contributed by atoms with van der Waals surface area (Å²) >= 11 is 0. The van der Waals surface area contributed by atoms with Crippen LogP contribution in [0.15, 0.2) is 42.5 Å². The van der Waals surface area contributed by atoms with Crippen LogP contribution < -0.4 is 15.5 Å². The van der Waals surface area contributed by atoms with Crippen LogP contribution in [0, 0.1) is 10.1 Å². The van der Waals surface area contributed by atoms with Crippen LogP contribution >= 0.6 is 0 Å². The SMILES string of the molecule is CCN(CC)CCNC(=O)c1cc(NC(=O)c2ccc([N+](=O)[O-])cc2)ccc1N1CCCC1. The van der Waals surface area contributed by atoms with Crippen molar-refractivity contribution in [1.29, 1.82) is 0 Å². The lowest BCUT2D eigenvalue weighted by Crippen LogP contribution is -2.35. The number of carbonyl (C=O) groups excluding carboxylic acids is 2. The molecular weight excluding hydrogens is 422 g/mol. The highest BCUT2D eigenvalue weighted by Crippen LogP contribution is 2.28. The molecule has 0 unspecified atom stereocenters. The van der Waals surface area contributed by atoms with Crippen LogP contribution in [0.4, 0.5) is 17.1 Å². The van der Waals surface area contributed by atoms with E-state index in [1.807, 2.05) is 6.07 Å². The number of nitro groups is 1. The van der Waals surface area contributed by atoms with Gasteiger partial charge >= 0.3 is 0 Å². The fourth-order valence-corrected chi connectivity index (χ4v) is 3.93. The van der Waals surface area contributed by atoms with Gasteiger partial charge in [0.15, 0.2) is 0 Å². The van der Waals surface area contributed by atoms with E-state index in [9.17, 15) is 19.7 Å². The van der Waals surface area contributed by atoms with E-state index in [0.717, 1.165) is 51.3 Å². The smallest absolute Gasteiger partial charge is 0.269 e. The van der Waals surface area contributed by atoms with Gasteiger partial charge in [0.25, 0.3) is 17.5 Å². The van der Waals surface area contributed by atoms with Gasteiger partial charge in [0.1, 0.15) is 0 Å². The van der Waals surface area contributed by atoms with Crippen molar-refractivity contribution in [3.8, 4) is 0 Å². The van der Waals surface area contributed by atoms with Crippen molar-refractivity contribution in [2.45, 2.75) is 26.7 Å². The third-order valence-corrected chi connectivity index (χ3v) is 5.89. The summed E-state index contributed by atoms with van der Waals surface area (Å²) in [6.45, 7) is 9.14. The Bertz CT molecular complexity index is 983. The number of benzene rings is 2. The van der Waals surface area contributed by atoms with Gasteiger partial charge in [0, 0.05) is 55.2 Å². The van der Waals surface area contributed by atoms with E-state index in [2.05, 4.69) is 34.3 Å². The Morgan fingerprint density at radius 3 is 2.30 bits per heavy atom. The molecule has 1 fully saturated rings. The average Bonchev–Trinajstić information content (AvgIpc) is 3.36. The van der Waals surface area contributed by atoms with Crippen LogP contribution in [0.1, 0.15) is 47.4 Å². The van der Waals surface area contributed by atoms with Gasteiger partial charge < -0.3 is 20.4 Å². The molecule has 0 radical (unpaired) electrons. The largest absolute Gasteiger partial charge is 0.371 e. The Morgan fingerprint density at radius 2 is 1.70 bits per heavy atom. The first-order chi connectivity index (χ1) is 15.9. The maximum atomic E-state index is 13.1. The number of hydrogen-bond acceptors (Lipinski definition) is 6. The number of anilines is 2. The van der Waals surface area contributed by atoms with E-state index in [4.69, 9.17) is 0 Å². The Labute approximate surface area is 193 Å². The van der Waals surface area contributed by atoms with Crippen LogP contribution in [-0.4, -0.2) is 60.9 Å². The van der Waals surface area contributed by atoms with E-state index in [0.29, 0.717) is 23.4 Å². The molecule has 0 aliphatic carbocycles. The third kappa shape index (κ3) is 6.29. The van der Waals surface area contributed by atoms with E-state index in [1.165, 1.54) is 24.3 Å². The molecule has 0 spiro atoms. The van der Waals surface area contributed by atoms with Crippen LogP contribution in [-0.2, 0) is 0 Å². The van der Waals surface area contributed by atoms with E-state index < -0.39 is 10.8 Å². The fourth-order valence-electron chi connectivity index (χ4n) is 3.93. The molecule has 33 heavy (non-hydrogen) atoms. The summed E-state index contributed by atoms with van der Waals surface area (Å²) in [6, 6.07) is 10.8. The monoisotopic (exact) mass is 453 g/mol. The summed E-state index contributed by atoms with van der Waals surface area (Å²) in [7, 11) is 0. The molecule has 2 aromatic carbocycles. The molecule has 1 heterocycles. The number of carbonyl (C=O) groups is 2. The second-order valence-electron chi connectivity index (χ2n) is 7.97. The summed E-state index contributed by atoms with van der Waals surface area (Å²) < 4.78 is 0. The molecule has 2 amide bonds. The molecule has 0 saturated carbocycles. The lowest BCUT2D eigenvalue weighted by molar-refractivity contribution is -0.384. The Balaban J connectivity index is 1.76. The number of nitrogens with one attached hydrogen (secondary N) is 2. The number of nitro benzene ring substituents is 1. The average molecular weight is 454 g/mol. The lowest BCUT2D eigenvalue weighted by Gasteiger charge is -2.23. The molecule has 2 aromatic rings. The zero-order valence-corrected chi connectivity index (χ0v) is 19.2. The van der Waals surface area contributed by atoms with Crippen molar-refractivity contribution in [3.05, 3.63) is 63.7 Å². The van der Waals surface area contributed by atoms with Crippen molar-refractivity contribution in [2.75, 3.05) is 49.5 Å². The molecule has 3 rings (SSSR count). The number of amides is 2. The topological polar surface area (TPSA) is 108 Å². The van der Waals surface area contributed by atoms with Gasteiger partial charge in [-0.05, 0) is 56.3 Å². The van der Waals surface area contributed by atoms with Crippen molar-refractivity contribution in [3.63, 3.8) is 0 Å². The van der Waals surface area contributed by atoms with E-state index in [-0.39, 0.29) is 11.6 Å². The molecule has 0 bridgehead atoms. The number of rotatable bonds is 10. The predicted molar refractivity (Wildman–Crippen MR) is 129 cm³/mol. The fraction of sp³-hybridized carbons (Fsp3) is 0.417. The minimum Gasteiger partial charge on any atom is -0.371 e. The minimum absolute atomic E-state index is 0.0785. The van der Waals surface area contributed by atoms with Gasteiger partial charge in [-0.1, -0.05) is 13.8 Å². The Hall–Kier alpha value is -3.46. The summed E-state index contributed by atoms with van der Waals surface area (Å²) in [5.74, 6) is -0.567. The van der Waals surface area contributed by atoms with Gasteiger partial charge in [-0.15, -0.1) is 0 Å². The number of hydrogen-bond donors (Lipinski definition) is 2. The molecule has 9 nitrogen and oxygen atoms in total. The molecule has 176 valence electrons. The zero-order chi connectivity index (χ0) is 23.8. The van der Waals surface area contributed by atoms with Crippen molar-refractivity contribution in [1.82, 2.24) is 10.2 Å². The van der Waals surface area contributed by atoms with Gasteiger partial charge in [0.05, 0.1) is 10.5 Å². The molecule has 0 atom stereocenters. The van der Waals surface area contributed by atoms with Gasteiger partial charge in [0.2, 0.25) is 0 Å². The number of non-ortho nitro benzene ring substituents is 1. The Kier molecular flexibility index (Phi) is 8.37. The quantitative estimate of drug-likeness (QED) is 0.421. The highest BCUT2D eigenvalue weighted by atomic mass is 16.6. The van der Waals surface area contributed by atoms with Crippen molar-refractivity contribution < 1.29 is 14.5 Å². The molecular formula is C24H31N5O4. The molecule has 1 aliphatic heterocycles. The maximum absolute atomic E-state index is 13.1. The highest BCUT2D eigenvalue weighted by Gasteiger charge is 2.21. The minimum atomic E-state index is -0.510. The molecule has 2 N–H and O–H groups in total. The summed E-state index contributed by atoms with van der Waals surface area (Å²) in [4.78, 5) is 40.4. The first-order valence-electron chi connectivity index (χ1n) is 11.4. The van der Waals surface area contributed by atoms with Gasteiger partial charge in [-0.25, -0.2) is 0 Å².